The molecule has 0 fully saturated rings. The number of alkyl halides is 1. The van der Waals surface area contributed by atoms with Gasteiger partial charge in [0.2, 0.25) is 5.95 Å². The monoisotopic (exact) mass is 294 g/mol. The molecule has 1 aromatic heterocycles. The van der Waals surface area contributed by atoms with Crippen molar-refractivity contribution in [2.24, 2.45) is 0 Å². The first-order chi connectivity index (χ1) is 9.75. The van der Waals surface area contributed by atoms with E-state index in [1.165, 1.54) is 14.2 Å². The van der Waals surface area contributed by atoms with Gasteiger partial charge in [-0.15, -0.1) is 16.6 Å². The summed E-state index contributed by atoms with van der Waals surface area (Å²) in [6.45, 7) is 0.570. The highest BCUT2D eigenvalue weighted by Gasteiger charge is 2.06. The summed E-state index contributed by atoms with van der Waals surface area (Å²) in [4.78, 5) is 12.1. The van der Waals surface area contributed by atoms with Crippen LogP contribution >= 0.6 is 11.6 Å². The van der Waals surface area contributed by atoms with Crippen LogP contribution in [0.25, 0.3) is 0 Å². The third kappa shape index (κ3) is 3.71. The summed E-state index contributed by atoms with van der Waals surface area (Å²) in [5.41, 5.74) is 2.15. The van der Waals surface area contributed by atoms with Gasteiger partial charge in [0.15, 0.2) is 0 Å². The highest BCUT2D eigenvalue weighted by atomic mass is 35.5. The lowest BCUT2D eigenvalue weighted by Gasteiger charge is -2.08. The lowest BCUT2D eigenvalue weighted by atomic mass is 10.1. The third-order valence-corrected chi connectivity index (χ3v) is 2.86. The topological polar surface area (TPSA) is 69.2 Å². The van der Waals surface area contributed by atoms with E-state index in [1.54, 1.807) is 0 Å². The van der Waals surface area contributed by atoms with E-state index in [0.29, 0.717) is 18.4 Å². The van der Waals surface area contributed by atoms with Crippen LogP contribution in [-0.4, -0.2) is 29.2 Å². The van der Waals surface area contributed by atoms with Crippen LogP contribution in [0.1, 0.15) is 11.1 Å². The minimum absolute atomic E-state index is 0.203. The molecular weight excluding hydrogens is 280 g/mol. The molecule has 0 aliphatic heterocycles. The Morgan fingerprint density at radius 3 is 2.30 bits per heavy atom. The van der Waals surface area contributed by atoms with Crippen LogP contribution < -0.4 is 14.8 Å². The summed E-state index contributed by atoms with van der Waals surface area (Å²) in [6.07, 6.45) is 0. The predicted octanol–water partition coefficient (Wildman–Crippen LogP) is 2.24. The summed E-state index contributed by atoms with van der Waals surface area (Å²) < 4.78 is 9.97. The van der Waals surface area contributed by atoms with Crippen molar-refractivity contribution in [3.8, 4) is 12.0 Å². The van der Waals surface area contributed by atoms with Crippen molar-refractivity contribution in [1.29, 1.82) is 0 Å². The predicted molar refractivity (Wildman–Crippen MR) is 76.3 cm³/mol. The van der Waals surface area contributed by atoms with Crippen LogP contribution in [0, 0.1) is 0 Å². The fourth-order valence-corrected chi connectivity index (χ4v) is 1.77. The lowest BCUT2D eigenvalue weighted by molar-refractivity contribution is 0.341. The van der Waals surface area contributed by atoms with Gasteiger partial charge in [-0.05, 0) is 11.1 Å². The fraction of sp³-hybridized carbons (Fsp3) is 0.308. The van der Waals surface area contributed by atoms with Crippen LogP contribution in [-0.2, 0) is 12.4 Å². The number of rotatable bonds is 6. The summed E-state index contributed by atoms with van der Waals surface area (Å²) in [5.74, 6) is 0.881. The molecule has 0 unspecified atom stereocenters. The Morgan fingerprint density at radius 2 is 1.70 bits per heavy atom. The van der Waals surface area contributed by atoms with E-state index in [2.05, 4.69) is 20.3 Å². The molecule has 7 heteroatoms. The van der Waals surface area contributed by atoms with Gasteiger partial charge in [0.25, 0.3) is 0 Å². The van der Waals surface area contributed by atoms with E-state index < -0.39 is 0 Å². The average molecular weight is 295 g/mol. The number of aromatic nitrogens is 3. The number of benzene rings is 1. The zero-order valence-electron chi connectivity index (χ0n) is 11.3. The molecule has 0 spiro atoms. The lowest BCUT2D eigenvalue weighted by Crippen LogP contribution is -2.07. The Balaban J connectivity index is 2.09. The first-order valence-corrected chi connectivity index (χ1v) is 6.50. The second-order valence-corrected chi connectivity index (χ2v) is 4.21. The van der Waals surface area contributed by atoms with Crippen LogP contribution in [0.2, 0.25) is 0 Å². The Bertz CT molecular complexity index is 558. The molecule has 0 aliphatic carbocycles. The van der Waals surface area contributed by atoms with E-state index in [4.69, 9.17) is 21.1 Å². The van der Waals surface area contributed by atoms with Gasteiger partial charge in [-0.3, -0.25) is 0 Å². The van der Waals surface area contributed by atoms with E-state index in [1.807, 2.05) is 24.3 Å². The minimum atomic E-state index is 0.203. The highest BCUT2D eigenvalue weighted by Crippen LogP contribution is 2.14. The molecular formula is C13H15ClN4O2. The Kier molecular flexibility index (Phi) is 4.95. The molecule has 0 amide bonds. The largest absolute Gasteiger partial charge is 0.467 e. The summed E-state index contributed by atoms with van der Waals surface area (Å²) in [6, 6.07) is 8.37. The Hall–Kier alpha value is -2.08. The highest BCUT2D eigenvalue weighted by molar-refractivity contribution is 6.17. The van der Waals surface area contributed by atoms with Gasteiger partial charge in [-0.2, -0.15) is 9.97 Å². The maximum Gasteiger partial charge on any atom is 0.324 e. The molecule has 0 saturated carbocycles. The Labute approximate surface area is 122 Å². The summed E-state index contributed by atoms with van der Waals surface area (Å²) >= 11 is 5.81. The van der Waals surface area contributed by atoms with Gasteiger partial charge < -0.3 is 14.8 Å². The van der Waals surface area contributed by atoms with Crippen molar-refractivity contribution in [1.82, 2.24) is 15.0 Å². The van der Waals surface area contributed by atoms with E-state index in [-0.39, 0.29) is 12.0 Å². The van der Waals surface area contributed by atoms with Gasteiger partial charge in [0.05, 0.1) is 14.2 Å². The standard InChI is InChI=1S/C13H15ClN4O2/c1-19-12-16-11(17-13(18-12)20-2)15-8-10-5-3-4-9(6-10)7-14/h3-6H,7-8H2,1-2H3,(H,15,16,17,18). The van der Waals surface area contributed by atoms with Gasteiger partial charge in [0, 0.05) is 12.4 Å². The molecule has 20 heavy (non-hydrogen) atoms. The zero-order valence-corrected chi connectivity index (χ0v) is 12.0. The van der Waals surface area contributed by atoms with Crippen LogP contribution in [0.3, 0.4) is 0 Å². The van der Waals surface area contributed by atoms with Crippen molar-refractivity contribution in [2.45, 2.75) is 12.4 Å². The molecule has 0 radical (unpaired) electrons. The first kappa shape index (κ1) is 14.3. The minimum Gasteiger partial charge on any atom is -0.467 e. The maximum absolute atomic E-state index is 5.81. The summed E-state index contributed by atoms with van der Waals surface area (Å²) in [7, 11) is 2.98. The van der Waals surface area contributed by atoms with Crippen molar-refractivity contribution in [2.75, 3.05) is 19.5 Å². The van der Waals surface area contributed by atoms with Gasteiger partial charge in [-0.25, -0.2) is 0 Å². The molecule has 0 saturated heterocycles. The van der Waals surface area contributed by atoms with E-state index in [9.17, 15) is 0 Å². The number of hydrogen-bond donors (Lipinski definition) is 1. The van der Waals surface area contributed by atoms with Crippen molar-refractivity contribution in [3.63, 3.8) is 0 Å². The van der Waals surface area contributed by atoms with Gasteiger partial charge in [-0.1, -0.05) is 24.3 Å². The van der Waals surface area contributed by atoms with Gasteiger partial charge in [0.1, 0.15) is 0 Å². The molecule has 2 aromatic rings. The number of methoxy groups -OCH3 is 2. The van der Waals surface area contributed by atoms with Crippen molar-refractivity contribution in [3.05, 3.63) is 35.4 Å². The number of ether oxygens (including phenoxy) is 2. The number of nitrogens with one attached hydrogen (secondary N) is 1. The molecule has 0 bridgehead atoms. The zero-order chi connectivity index (χ0) is 14.4. The third-order valence-electron chi connectivity index (χ3n) is 2.56. The summed E-state index contributed by atoms with van der Waals surface area (Å²) in [5, 5.41) is 3.10. The molecule has 0 atom stereocenters. The molecule has 106 valence electrons. The van der Waals surface area contributed by atoms with Crippen LogP contribution in [0.15, 0.2) is 24.3 Å². The van der Waals surface area contributed by atoms with Crippen molar-refractivity contribution >= 4 is 17.5 Å². The molecule has 1 heterocycles. The number of hydrogen-bond acceptors (Lipinski definition) is 6. The van der Waals surface area contributed by atoms with Crippen molar-refractivity contribution < 1.29 is 9.47 Å². The number of nitrogens with zero attached hydrogens (tertiary/aromatic N) is 3. The molecule has 1 N–H and O–H groups in total. The molecule has 6 nitrogen and oxygen atoms in total. The maximum atomic E-state index is 5.81. The fourth-order valence-electron chi connectivity index (χ4n) is 1.60. The number of anilines is 1. The van der Waals surface area contributed by atoms with E-state index >= 15 is 0 Å². The second kappa shape index (κ2) is 6.91. The number of halogens is 1. The Morgan fingerprint density at radius 1 is 1.05 bits per heavy atom. The van der Waals surface area contributed by atoms with Crippen LogP contribution in [0.5, 0.6) is 12.0 Å². The normalized spacial score (nSPS) is 10.2. The van der Waals surface area contributed by atoms with Gasteiger partial charge >= 0.3 is 12.0 Å². The first-order valence-electron chi connectivity index (χ1n) is 5.97. The molecule has 1 aromatic carbocycles. The smallest absolute Gasteiger partial charge is 0.324 e. The van der Waals surface area contributed by atoms with E-state index in [0.717, 1.165) is 11.1 Å². The molecule has 0 aliphatic rings. The second-order valence-electron chi connectivity index (χ2n) is 3.94. The SMILES string of the molecule is COc1nc(NCc2cccc(CCl)c2)nc(OC)n1. The van der Waals surface area contributed by atoms with Crippen LogP contribution in [0.4, 0.5) is 5.95 Å². The molecule has 2 rings (SSSR count). The quantitative estimate of drug-likeness (QED) is 0.824. The average Bonchev–Trinajstić information content (AvgIpc) is 2.52.